The highest BCUT2D eigenvalue weighted by Gasteiger charge is 0.943. The van der Waals surface area contributed by atoms with Crippen LogP contribution in [0.5, 0.6) is 0 Å². The highest BCUT2D eigenvalue weighted by Crippen LogP contribution is 1.34. The smallest absolute Gasteiger partial charge is 0.0108 e. The van der Waals surface area contributed by atoms with Gasteiger partial charge in [0, 0.05) is 6.38 Å². The van der Waals surface area contributed by atoms with Crippen molar-refractivity contribution in [1.29, 1.82) is 0 Å². The Balaban J connectivity index is -0.00000000500. The molecule has 0 heterocycles. The highest BCUT2D eigenvalue weighted by molar-refractivity contribution is 7.59. The molecule has 0 rings (SSSR count). The molecule has 0 nitrogen and oxygen atoms in total. The van der Waals surface area contributed by atoms with E-state index in [1.54, 1.807) is 0 Å². The molecular weight excluding hydrogens is 115 g/mol. The summed E-state index contributed by atoms with van der Waals surface area (Å²) in [5.74, 6) is 0. The predicted molar refractivity (Wildman–Crippen MR) is 29.4 cm³/mol. The van der Waals surface area contributed by atoms with E-state index in [4.69, 9.17) is 0 Å². The Kier molecular flexibility index (Phi) is 199. The maximum atomic E-state index is 4.64. The summed E-state index contributed by atoms with van der Waals surface area (Å²) in [6.45, 7) is 0. The molecule has 0 atom stereocenters. The van der Waals surface area contributed by atoms with Crippen molar-refractivity contribution in [1.82, 2.24) is 0 Å². The molecule has 30 valence electrons. The minimum absolute atomic E-state index is 0. The molecule has 0 aromatic heterocycles. The first-order valence-corrected chi connectivity index (χ1v) is 1.13. The van der Waals surface area contributed by atoms with Gasteiger partial charge in [0.1, 0.15) is 0 Å². The standard InChI is InChI=1S/CH3Cl.ClH.H2S/c1-2;;/h1H3;1H;1H2. The maximum absolute atomic E-state index is 4.64. The molecule has 0 aliphatic heterocycles. The number of hydrogen-bond donors (Lipinski definition) is 0. The fourth-order valence-electron chi connectivity index (χ4n) is 0. The predicted octanol–water partition coefficient (Wildman–Crippen LogP) is 1.39. The van der Waals surface area contributed by atoms with Gasteiger partial charge >= 0.3 is 0 Å². The van der Waals surface area contributed by atoms with Crippen molar-refractivity contribution in [2.24, 2.45) is 0 Å². The van der Waals surface area contributed by atoms with Crippen LogP contribution in [0.4, 0.5) is 0 Å². The lowest BCUT2D eigenvalue weighted by atomic mass is 12.0. The minimum atomic E-state index is 0. The van der Waals surface area contributed by atoms with E-state index in [1.165, 1.54) is 6.38 Å². The molecule has 0 aliphatic carbocycles. The van der Waals surface area contributed by atoms with Crippen molar-refractivity contribution in [3.8, 4) is 0 Å². The average Bonchev–Trinajstić information content (AvgIpc) is 1.00. The number of alkyl halides is 1. The maximum Gasteiger partial charge on any atom is 0.0108 e. The molecule has 0 unspecified atom stereocenters. The second-order valence-electron chi connectivity index (χ2n) is 0. The van der Waals surface area contributed by atoms with Crippen molar-refractivity contribution < 1.29 is 0 Å². The van der Waals surface area contributed by atoms with Gasteiger partial charge in [-0.3, -0.25) is 0 Å². The monoisotopic (exact) mass is 120 g/mol. The van der Waals surface area contributed by atoms with Crippen LogP contribution in [0.2, 0.25) is 0 Å². The lowest BCUT2D eigenvalue weighted by Gasteiger charge is -1.06. The van der Waals surface area contributed by atoms with E-state index >= 15 is 0 Å². The molecule has 0 radical (unpaired) electrons. The molecule has 3 heteroatoms. The Labute approximate surface area is 44.4 Å². The largest absolute Gasteiger partial charge is 0.197 e. The van der Waals surface area contributed by atoms with E-state index < -0.39 is 0 Å². The quantitative estimate of drug-likeness (QED) is 0.425. The zero-order valence-electron chi connectivity index (χ0n) is 2.29. The molecule has 0 aromatic rings. The van der Waals surface area contributed by atoms with Crippen molar-refractivity contribution in [2.45, 2.75) is 0 Å². The van der Waals surface area contributed by atoms with Gasteiger partial charge in [0.05, 0.1) is 0 Å². The molecule has 0 spiro atoms. The van der Waals surface area contributed by atoms with Gasteiger partial charge in [0.2, 0.25) is 0 Å². The fourth-order valence-corrected chi connectivity index (χ4v) is 0. The van der Waals surface area contributed by atoms with E-state index in [2.05, 4.69) is 11.6 Å². The van der Waals surface area contributed by atoms with Crippen LogP contribution in [0.1, 0.15) is 0 Å². The van der Waals surface area contributed by atoms with Crippen LogP contribution in [0, 0.1) is 0 Å². The summed E-state index contributed by atoms with van der Waals surface area (Å²) in [7, 11) is 0. The summed E-state index contributed by atoms with van der Waals surface area (Å²) in [4.78, 5) is 0. The first kappa shape index (κ1) is 20.4. The zero-order chi connectivity index (χ0) is 2.00. The van der Waals surface area contributed by atoms with Gasteiger partial charge in [0.25, 0.3) is 0 Å². The normalized spacial score (nSPS) is 1.50. The molecule has 0 saturated carbocycles. The van der Waals surface area contributed by atoms with Gasteiger partial charge in [-0.25, -0.2) is 0 Å². The Morgan fingerprint density at radius 1 is 1.25 bits per heavy atom. The van der Waals surface area contributed by atoms with Gasteiger partial charge in [-0.15, -0.1) is 24.0 Å². The molecule has 0 amide bonds. The van der Waals surface area contributed by atoms with E-state index in [0.29, 0.717) is 0 Å². The highest BCUT2D eigenvalue weighted by atomic mass is 35.5. The van der Waals surface area contributed by atoms with E-state index in [1.807, 2.05) is 0 Å². The van der Waals surface area contributed by atoms with Crippen LogP contribution >= 0.6 is 37.5 Å². The van der Waals surface area contributed by atoms with E-state index in [-0.39, 0.29) is 25.9 Å². The lowest BCUT2D eigenvalue weighted by Crippen LogP contribution is -0.852. The van der Waals surface area contributed by atoms with Crippen LogP contribution in [0.3, 0.4) is 0 Å². The third-order valence-corrected chi connectivity index (χ3v) is 0. The lowest BCUT2D eigenvalue weighted by molar-refractivity contribution is 2.46. The fraction of sp³-hybridized carbons (Fsp3) is 1.00. The summed E-state index contributed by atoms with van der Waals surface area (Å²) in [6, 6.07) is 0. The first-order valence-electron chi connectivity index (χ1n) is 0.378. The SMILES string of the molecule is CCl.Cl.S. The molecule has 0 fully saturated rings. The zero-order valence-corrected chi connectivity index (χ0v) is 4.86. The third-order valence-electron chi connectivity index (χ3n) is 0. The van der Waals surface area contributed by atoms with Crippen molar-refractivity contribution in [2.75, 3.05) is 6.38 Å². The van der Waals surface area contributed by atoms with Crippen LogP contribution in [-0.2, 0) is 0 Å². The van der Waals surface area contributed by atoms with Gasteiger partial charge in [-0.05, 0) is 0 Å². The summed E-state index contributed by atoms with van der Waals surface area (Å²) < 4.78 is 0. The van der Waals surface area contributed by atoms with Crippen LogP contribution in [0.15, 0.2) is 0 Å². The Morgan fingerprint density at radius 3 is 1.25 bits per heavy atom. The van der Waals surface area contributed by atoms with Crippen molar-refractivity contribution in [3.05, 3.63) is 0 Å². The molecular formula is CH6Cl2S. The Bertz CT molecular complexity index is 6.00. The van der Waals surface area contributed by atoms with Gasteiger partial charge in [0.15, 0.2) is 0 Å². The second-order valence-corrected chi connectivity index (χ2v) is 0. The molecule has 4 heavy (non-hydrogen) atoms. The average molecular weight is 121 g/mol. The van der Waals surface area contributed by atoms with Crippen LogP contribution in [0.25, 0.3) is 0 Å². The molecule has 0 aliphatic rings. The second kappa shape index (κ2) is 39.0. The molecule has 0 saturated heterocycles. The molecule has 0 aromatic carbocycles. The van der Waals surface area contributed by atoms with Gasteiger partial charge in [-0.1, -0.05) is 0 Å². The number of hydrogen-bond acceptors (Lipinski definition) is 0. The molecule has 0 bridgehead atoms. The van der Waals surface area contributed by atoms with Crippen molar-refractivity contribution >= 4 is 37.5 Å². The molecule has 0 N–H and O–H groups in total. The third kappa shape index (κ3) is 12.6. The van der Waals surface area contributed by atoms with Gasteiger partial charge in [-0.2, -0.15) is 13.5 Å². The Morgan fingerprint density at radius 2 is 1.25 bits per heavy atom. The number of rotatable bonds is 0. The van der Waals surface area contributed by atoms with E-state index in [9.17, 15) is 0 Å². The van der Waals surface area contributed by atoms with Crippen LogP contribution < -0.4 is 0 Å². The van der Waals surface area contributed by atoms with Crippen LogP contribution in [-0.4, -0.2) is 6.38 Å². The number of halogens is 2. The van der Waals surface area contributed by atoms with Gasteiger partial charge < -0.3 is 0 Å². The Hall–Kier alpha value is 0.930. The summed E-state index contributed by atoms with van der Waals surface area (Å²) in [6.07, 6.45) is 1.47. The minimum Gasteiger partial charge on any atom is -0.197 e. The van der Waals surface area contributed by atoms with Crippen molar-refractivity contribution in [3.63, 3.8) is 0 Å². The topological polar surface area (TPSA) is 0 Å². The first-order chi connectivity index (χ1) is 1.00. The summed E-state index contributed by atoms with van der Waals surface area (Å²) in [5, 5.41) is 0. The summed E-state index contributed by atoms with van der Waals surface area (Å²) in [5.41, 5.74) is 0. The van der Waals surface area contributed by atoms with E-state index in [0.717, 1.165) is 0 Å². The summed E-state index contributed by atoms with van der Waals surface area (Å²) >= 11 is 4.64.